The predicted molar refractivity (Wildman–Crippen MR) is 149 cm³/mol. The quantitative estimate of drug-likeness (QED) is 0.567. The number of benzene rings is 2. The summed E-state index contributed by atoms with van der Waals surface area (Å²) in [6, 6.07) is 20.2. The summed E-state index contributed by atoms with van der Waals surface area (Å²) < 4.78 is 0. The van der Waals surface area contributed by atoms with E-state index >= 15 is 0 Å². The first kappa shape index (κ1) is 27.3. The van der Waals surface area contributed by atoms with Gasteiger partial charge in [-0.15, -0.1) is 0 Å². The summed E-state index contributed by atoms with van der Waals surface area (Å²) in [6.45, 7) is 11.6. The van der Waals surface area contributed by atoms with Crippen molar-refractivity contribution in [2.75, 3.05) is 26.2 Å². The van der Waals surface area contributed by atoms with Gasteiger partial charge in [0.1, 0.15) is 6.04 Å². The van der Waals surface area contributed by atoms with Crippen LogP contribution in [0.4, 0.5) is 0 Å². The molecule has 0 saturated carbocycles. The van der Waals surface area contributed by atoms with Gasteiger partial charge in [0.2, 0.25) is 11.8 Å². The van der Waals surface area contributed by atoms with E-state index in [-0.39, 0.29) is 23.3 Å². The Kier molecular flexibility index (Phi) is 8.71. The first-order valence-electron chi connectivity index (χ1n) is 13.8. The molecule has 200 valence electrons. The van der Waals surface area contributed by atoms with Gasteiger partial charge in [-0.3, -0.25) is 9.59 Å². The number of nitrogens with one attached hydrogen (secondary N) is 1. The van der Waals surface area contributed by atoms with Gasteiger partial charge < -0.3 is 20.9 Å². The number of likely N-dealkylation sites (tertiary alicyclic amines) is 2. The molecule has 2 aliphatic heterocycles. The topological polar surface area (TPSA) is 78.7 Å². The van der Waals surface area contributed by atoms with Crippen LogP contribution in [0, 0.1) is 5.41 Å². The summed E-state index contributed by atoms with van der Waals surface area (Å²) in [4.78, 5) is 31.2. The molecular weight excluding hydrogens is 460 g/mol. The van der Waals surface area contributed by atoms with Gasteiger partial charge >= 0.3 is 0 Å². The van der Waals surface area contributed by atoms with Crippen LogP contribution < -0.4 is 11.1 Å². The normalized spacial score (nSPS) is 24.1. The minimum atomic E-state index is -0.652. The zero-order chi connectivity index (χ0) is 26.6. The lowest BCUT2D eigenvalue weighted by molar-refractivity contribution is -0.138. The fourth-order valence-corrected chi connectivity index (χ4v) is 5.94. The molecule has 5 atom stereocenters. The summed E-state index contributed by atoms with van der Waals surface area (Å²) in [5, 5.41) is 2.98. The second-order valence-corrected chi connectivity index (χ2v) is 12.3. The number of nitrogens with two attached hydrogens (primary N) is 1. The molecule has 2 aliphatic rings. The number of carbonyl (C=O) groups is 2. The van der Waals surface area contributed by atoms with E-state index in [1.54, 1.807) is 6.92 Å². The number of carbonyl (C=O) groups excluding carboxylic acids is 2. The minimum absolute atomic E-state index is 0.0196. The molecule has 2 fully saturated rings. The fourth-order valence-electron chi connectivity index (χ4n) is 5.94. The number of amides is 2. The van der Waals surface area contributed by atoms with Crippen LogP contribution in [0.3, 0.4) is 0 Å². The van der Waals surface area contributed by atoms with Crippen molar-refractivity contribution in [3.63, 3.8) is 0 Å². The summed E-state index contributed by atoms with van der Waals surface area (Å²) in [6.07, 6.45) is 2.65. The lowest BCUT2D eigenvalue weighted by atomic mass is 9.87. The molecule has 2 aromatic carbocycles. The van der Waals surface area contributed by atoms with Gasteiger partial charge in [-0.2, -0.15) is 0 Å². The molecule has 4 rings (SSSR count). The fraction of sp³-hybridized carbons (Fsp3) is 0.548. The predicted octanol–water partition coefficient (Wildman–Crippen LogP) is 4.13. The van der Waals surface area contributed by atoms with E-state index in [9.17, 15) is 9.59 Å². The van der Waals surface area contributed by atoms with E-state index in [2.05, 4.69) is 90.5 Å². The summed E-state index contributed by atoms with van der Waals surface area (Å²) in [5.74, 6) is 0.576. The number of rotatable bonds is 8. The monoisotopic (exact) mass is 504 g/mol. The Balaban J connectivity index is 1.53. The Morgan fingerprint density at radius 3 is 2.14 bits per heavy atom. The number of hydrogen-bond donors (Lipinski definition) is 2. The average Bonchev–Trinajstić information content (AvgIpc) is 3.51. The second kappa shape index (κ2) is 11.8. The summed E-state index contributed by atoms with van der Waals surface area (Å²) in [7, 11) is 0. The Bertz CT molecular complexity index is 1030. The van der Waals surface area contributed by atoms with Gasteiger partial charge in [0.15, 0.2) is 0 Å². The van der Waals surface area contributed by atoms with E-state index in [0.717, 1.165) is 32.5 Å². The molecule has 0 spiro atoms. The molecule has 0 bridgehead atoms. The van der Waals surface area contributed by atoms with Crippen LogP contribution in [0.25, 0.3) is 0 Å². The largest absolute Gasteiger partial charge is 0.343 e. The Hall–Kier alpha value is -2.70. The van der Waals surface area contributed by atoms with Crippen LogP contribution in [-0.4, -0.2) is 65.9 Å². The Morgan fingerprint density at radius 1 is 0.973 bits per heavy atom. The maximum absolute atomic E-state index is 14.1. The molecule has 6 heteroatoms. The third-order valence-electron chi connectivity index (χ3n) is 7.83. The highest BCUT2D eigenvalue weighted by Crippen LogP contribution is 2.35. The van der Waals surface area contributed by atoms with Gasteiger partial charge in [-0.25, -0.2) is 0 Å². The Labute approximate surface area is 222 Å². The lowest BCUT2D eigenvalue weighted by Crippen LogP contribution is -2.55. The van der Waals surface area contributed by atoms with Crippen LogP contribution >= 0.6 is 0 Å². The highest BCUT2D eigenvalue weighted by Gasteiger charge is 2.41. The van der Waals surface area contributed by atoms with Crippen molar-refractivity contribution in [2.45, 2.75) is 76.9 Å². The Morgan fingerprint density at radius 2 is 1.57 bits per heavy atom. The molecular formula is C31H44N4O2. The van der Waals surface area contributed by atoms with E-state index in [1.165, 1.54) is 11.1 Å². The molecule has 2 amide bonds. The molecule has 37 heavy (non-hydrogen) atoms. The van der Waals surface area contributed by atoms with Crippen molar-refractivity contribution in [2.24, 2.45) is 11.1 Å². The smallest absolute Gasteiger partial charge is 0.245 e. The van der Waals surface area contributed by atoms with Crippen LogP contribution in [0.15, 0.2) is 60.7 Å². The van der Waals surface area contributed by atoms with Crippen LogP contribution in [0.2, 0.25) is 0 Å². The molecule has 3 unspecified atom stereocenters. The van der Waals surface area contributed by atoms with Crippen molar-refractivity contribution >= 4 is 11.8 Å². The SMILES string of the molecule is CC(N)C(=O)NC(CC(C)(C)C)C(=O)N1C[C@@H](c2ccccc2)C[C@H]1CN1CCC(c2ccccc2)C1. The summed E-state index contributed by atoms with van der Waals surface area (Å²) in [5.41, 5.74) is 8.41. The molecule has 2 saturated heterocycles. The average molecular weight is 505 g/mol. The third kappa shape index (κ3) is 7.20. The first-order chi connectivity index (χ1) is 17.6. The first-order valence-corrected chi connectivity index (χ1v) is 13.8. The lowest BCUT2D eigenvalue weighted by Gasteiger charge is -2.34. The van der Waals surface area contributed by atoms with Crippen molar-refractivity contribution in [3.8, 4) is 0 Å². The van der Waals surface area contributed by atoms with E-state index in [1.807, 2.05) is 6.07 Å². The van der Waals surface area contributed by atoms with Gasteiger partial charge in [-0.05, 0) is 55.2 Å². The molecule has 0 aromatic heterocycles. The molecule has 2 heterocycles. The van der Waals surface area contributed by atoms with Crippen molar-refractivity contribution in [1.29, 1.82) is 0 Å². The van der Waals surface area contributed by atoms with Gasteiger partial charge in [0.25, 0.3) is 0 Å². The van der Waals surface area contributed by atoms with Crippen molar-refractivity contribution in [1.82, 2.24) is 15.1 Å². The standard InChI is InChI=1S/C31H44N4O2/c1-22(32)29(36)33-28(18-31(2,3)4)30(37)35-20-26(24-13-9-6-10-14-24)17-27(35)21-34-16-15-25(19-34)23-11-7-5-8-12-23/h5-14,22,25-28H,15-21,32H2,1-4H3,(H,33,36)/t22?,25?,26-,27-,28?/m0/s1. The molecule has 0 aliphatic carbocycles. The second-order valence-electron chi connectivity index (χ2n) is 12.3. The van der Waals surface area contributed by atoms with Gasteiger partial charge in [0, 0.05) is 31.6 Å². The number of nitrogens with zero attached hydrogens (tertiary/aromatic N) is 2. The van der Waals surface area contributed by atoms with E-state index in [0.29, 0.717) is 24.8 Å². The van der Waals surface area contributed by atoms with E-state index in [4.69, 9.17) is 5.73 Å². The van der Waals surface area contributed by atoms with Crippen LogP contribution in [-0.2, 0) is 9.59 Å². The summed E-state index contributed by atoms with van der Waals surface area (Å²) >= 11 is 0. The highest BCUT2D eigenvalue weighted by atomic mass is 16.2. The van der Waals surface area contributed by atoms with Crippen molar-refractivity contribution in [3.05, 3.63) is 71.8 Å². The molecule has 2 aromatic rings. The zero-order valence-corrected chi connectivity index (χ0v) is 22.9. The van der Waals surface area contributed by atoms with Crippen molar-refractivity contribution < 1.29 is 9.59 Å². The zero-order valence-electron chi connectivity index (χ0n) is 22.9. The minimum Gasteiger partial charge on any atom is -0.343 e. The van der Waals surface area contributed by atoms with Gasteiger partial charge in [0.05, 0.1) is 6.04 Å². The maximum Gasteiger partial charge on any atom is 0.245 e. The molecule has 6 nitrogen and oxygen atoms in total. The maximum atomic E-state index is 14.1. The molecule has 0 radical (unpaired) electrons. The molecule has 3 N–H and O–H groups in total. The van der Waals surface area contributed by atoms with E-state index < -0.39 is 12.1 Å². The number of hydrogen-bond acceptors (Lipinski definition) is 4. The van der Waals surface area contributed by atoms with Crippen LogP contribution in [0.5, 0.6) is 0 Å². The van der Waals surface area contributed by atoms with Crippen LogP contribution in [0.1, 0.15) is 69.9 Å². The van der Waals surface area contributed by atoms with Gasteiger partial charge in [-0.1, -0.05) is 81.4 Å². The third-order valence-corrected chi connectivity index (χ3v) is 7.83. The highest BCUT2D eigenvalue weighted by molar-refractivity contribution is 5.90.